The van der Waals surface area contributed by atoms with Crippen LogP contribution >= 0.6 is 0 Å². The second kappa shape index (κ2) is 6.70. The lowest BCUT2D eigenvalue weighted by molar-refractivity contribution is -0.384. The van der Waals surface area contributed by atoms with Crippen molar-refractivity contribution in [1.82, 2.24) is 4.31 Å². The number of benzene rings is 2. The van der Waals surface area contributed by atoms with Gasteiger partial charge in [-0.15, -0.1) is 0 Å². The van der Waals surface area contributed by atoms with Crippen LogP contribution in [0.2, 0.25) is 0 Å². The van der Waals surface area contributed by atoms with Gasteiger partial charge in [-0.2, -0.15) is 4.31 Å². The van der Waals surface area contributed by atoms with Crippen LogP contribution in [0.1, 0.15) is 30.0 Å². The van der Waals surface area contributed by atoms with Crippen LogP contribution in [0.25, 0.3) is 0 Å². The first kappa shape index (κ1) is 16.6. The van der Waals surface area contributed by atoms with Crippen LogP contribution in [0.15, 0.2) is 54.6 Å². The summed E-state index contributed by atoms with van der Waals surface area (Å²) < 4.78 is 27.2. The van der Waals surface area contributed by atoms with E-state index in [0.717, 1.165) is 18.4 Å². The first-order valence-corrected chi connectivity index (χ1v) is 9.36. The number of rotatable bonds is 5. The lowest BCUT2D eigenvalue weighted by Crippen LogP contribution is -2.31. The van der Waals surface area contributed by atoms with Crippen molar-refractivity contribution < 1.29 is 13.3 Å². The van der Waals surface area contributed by atoms with E-state index in [1.165, 1.54) is 22.5 Å². The molecule has 1 fully saturated rings. The predicted octanol–water partition coefficient (Wildman–Crippen LogP) is 3.26. The molecule has 3 rings (SSSR count). The van der Waals surface area contributed by atoms with Gasteiger partial charge in [-0.05, 0) is 24.0 Å². The van der Waals surface area contributed by atoms with Gasteiger partial charge in [-0.1, -0.05) is 42.5 Å². The SMILES string of the molecule is O=[N+]([O-])c1cccc(CS(=O)(=O)N2CCC[C@@H]2c2ccccc2)c1. The van der Waals surface area contributed by atoms with Gasteiger partial charge >= 0.3 is 0 Å². The Morgan fingerprint density at radius 1 is 1.12 bits per heavy atom. The number of hydrogen-bond donors (Lipinski definition) is 0. The molecule has 0 amide bonds. The maximum absolute atomic E-state index is 12.8. The lowest BCUT2D eigenvalue weighted by atomic mass is 10.1. The third-order valence-corrected chi connectivity index (χ3v) is 6.07. The highest BCUT2D eigenvalue weighted by atomic mass is 32.2. The van der Waals surface area contributed by atoms with Crippen LogP contribution in [0.3, 0.4) is 0 Å². The van der Waals surface area contributed by atoms with Gasteiger partial charge < -0.3 is 0 Å². The highest BCUT2D eigenvalue weighted by Gasteiger charge is 2.35. The standard InChI is InChI=1S/C17H18N2O4S/c20-19(21)16-9-4-6-14(12-16)13-24(22,23)18-11-5-10-17(18)15-7-2-1-3-8-15/h1-4,6-9,12,17H,5,10-11,13H2/t17-/m1/s1. The van der Waals surface area contributed by atoms with Crippen molar-refractivity contribution in [2.24, 2.45) is 0 Å². The van der Waals surface area contributed by atoms with Crippen LogP contribution in [-0.4, -0.2) is 24.2 Å². The average molecular weight is 346 g/mol. The van der Waals surface area contributed by atoms with Crippen LogP contribution in [0.4, 0.5) is 5.69 Å². The van der Waals surface area contributed by atoms with E-state index in [-0.39, 0.29) is 17.5 Å². The minimum Gasteiger partial charge on any atom is -0.258 e. The van der Waals surface area contributed by atoms with Crippen molar-refractivity contribution in [3.8, 4) is 0 Å². The molecule has 0 spiro atoms. The van der Waals surface area contributed by atoms with E-state index >= 15 is 0 Å². The summed E-state index contributed by atoms with van der Waals surface area (Å²) in [6, 6.07) is 15.2. The Morgan fingerprint density at radius 3 is 2.58 bits per heavy atom. The van der Waals surface area contributed by atoms with Crippen molar-refractivity contribution in [2.45, 2.75) is 24.6 Å². The molecule has 2 aromatic rings. The Balaban J connectivity index is 1.85. The second-order valence-corrected chi connectivity index (χ2v) is 7.78. The lowest BCUT2D eigenvalue weighted by Gasteiger charge is -2.24. The molecule has 6 nitrogen and oxygen atoms in total. The summed E-state index contributed by atoms with van der Waals surface area (Å²) >= 11 is 0. The molecular weight excluding hydrogens is 328 g/mol. The first-order chi connectivity index (χ1) is 11.5. The van der Waals surface area contributed by atoms with E-state index in [0.29, 0.717) is 12.1 Å². The zero-order valence-electron chi connectivity index (χ0n) is 13.0. The summed E-state index contributed by atoms with van der Waals surface area (Å²) in [4.78, 5) is 10.3. The van der Waals surface area contributed by atoms with Gasteiger partial charge in [-0.25, -0.2) is 8.42 Å². The van der Waals surface area contributed by atoms with Crippen molar-refractivity contribution in [2.75, 3.05) is 6.54 Å². The molecular formula is C17H18N2O4S. The number of nitrogens with zero attached hydrogens (tertiary/aromatic N) is 2. The summed E-state index contributed by atoms with van der Waals surface area (Å²) in [6.07, 6.45) is 1.60. The average Bonchev–Trinajstić information content (AvgIpc) is 3.06. The summed E-state index contributed by atoms with van der Waals surface area (Å²) in [6.45, 7) is 0.483. The van der Waals surface area contributed by atoms with Gasteiger partial charge in [0.25, 0.3) is 5.69 Å². The molecule has 0 unspecified atom stereocenters. The van der Waals surface area contributed by atoms with Crippen molar-refractivity contribution >= 4 is 15.7 Å². The number of sulfonamides is 1. The Morgan fingerprint density at radius 2 is 1.88 bits per heavy atom. The third kappa shape index (κ3) is 3.47. The molecule has 0 bridgehead atoms. The fraction of sp³-hybridized carbons (Fsp3) is 0.294. The number of nitro benzene ring substituents is 1. The molecule has 1 heterocycles. The van der Waals surface area contributed by atoms with Crippen molar-refractivity contribution in [3.05, 3.63) is 75.8 Å². The van der Waals surface area contributed by atoms with Gasteiger partial charge in [0.15, 0.2) is 0 Å². The largest absolute Gasteiger partial charge is 0.269 e. The van der Waals surface area contributed by atoms with E-state index in [4.69, 9.17) is 0 Å². The Labute approximate surface area is 140 Å². The fourth-order valence-electron chi connectivity index (χ4n) is 3.13. The molecule has 24 heavy (non-hydrogen) atoms. The number of nitro groups is 1. The smallest absolute Gasteiger partial charge is 0.258 e. The second-order valence-electron chi connectivity index (χ2n) is 5.86. The zero-order valence-corrected chi connectivity index (χ0v) is 13.9. The van der Waals surface area contributed by atoms with Crippen molar-refractivity contribution in [3.63, 3.8) is 0 Å². The van der Waals surface area contributed by atoms with Gasteiger partial charge in [-0.3, -0.25) is 10.1 Å². The van der Waals surface area contributed by atoms with Gasteiger partial charge in [0.2, 0.25) is 10.0 Å². The Hall–Kier alpha value is -2.25. The Bertz CT molecular complexity index is 837. The van der Waals surface area contributed by atoms with E-state index in [2.05, 4.69) is 0 Å². The summed E-state index contributed by atoms with van der Waals surface area (Å²) in [7, 11) is -3.54. The minimum absolute atomic E-state index is 0.0938. The molecule has 0 aromatic heterocycles. The maximum Gasteiger partial charge on any atom is 0.269 e. The van der Waals surface area contributed by atoms with Crippen LogP contribution in [-0.2, 0) is 15.8 Å². The van der Waals surface area contributed by atoms with E-state index in [1.54, 1.807) is 6.07 Å². The highest BCUT2D eigenvalue weighted by molar-refractivity contribution is 7.88. The molecule has 2 aromatic carbocycles. The van der Waals surface area contributed by atoms with Gasteiger partial charge in [0, 0.05) is 24.7 Å². The molecule has 0 saturated carbocycles. The molecule has 1 aliphatic rings. The fourth-order valence-corrected chi connectivity index (χ4v) is 4.92. The summed E-state index contributed by atoms with van der Waals surface area (Å²) in [5, 5.41) is 10.9. The third-order valence-electron chi connectivity index (χ3n) is 4.22. The molecule has 0 radical (unpaired) electrons. The van der Waals surface area contributed by atoms with E-state index < -0.39 is 14.9 Å². The van der Waals surface area contributed by atoms with Crippen LogP contribution in [0, 0.1) is 10.1 Å². The van der Waals surface area contributed by atoms with Gasteiger partial charge in [0.05, 0.1) is 10.7 Å². The quantitative estimate of drug-likeness (QED) is 0.615. The molecule has 1 aliphatic heterocycles. The monoisotopic (exact) mass is 346 g/mol. The highest BCUT2D eigenvalue weighted by Crippen LogP contribution is 2.35. The molecule has 1 atom stereocenters. The molecule has 1 saturated heterocycles. The normalized spacial score (nSPS) is 18.6. The van der Waals surface area contributed by atoms with Crippen molar-refractivity contribution in [1.29, 1.82) is 0 Å². The maximum atomic E-state index is 12.8. The Kier molecular flexibility index (Phi) is 4.64. The van der Waals surface area contributed by atoms with Crippen LogP contribution < -0.4 is 0 Å². The first-order valence-electron chi connectivity index (χ1n) is 7.75. The molecule has 0 aliphatic carbocycles. The summed E-state index contributed by atoms with van der Waals surface area (Å²) in [5.41, 5.74) is 1.32. The molecule has 126 valence electrons. The number of non-ortho nitro benzene ring substituents is 1. The molecule has 0 N–H and O–H groups in total. The predicted molar refractivity (Wildman–Crippen MR) is 90.8 cm³/mol. The van der Waals surface area contributed by atoms with Gasteiger partial charge in [0.1, 0.15) is 0 Å². The van der Waals surface area contributed by atoms with E-state index in [9.17, 15) is 18.5 Å². The molecule has 7 heteroatoms. The zero-order chi connectivity index (χ0) is 17.2. The topological polar surface area (TPSA) is 80.5 Å². The van der Waals surface area contributed by atoms with Crippen LogP contribution in [0.5, 0.6) is 0 Å². The van der Waals surface area contributed by atoms with E-state index in [1.807, 2.05) is 30.3 Å². The number of hydrogen-bond acceptors (Lipinski definition) is 4. The minimum atomic E-state index is -3.54. The summed E-state index contributed by atoms with van der Waals surface area (Å²) in [5.74, 6) is -0.224.